The van der Waals surface area contributed by atoms with Gasteiger partial charge in [0.15, 0.2) is 0 Å². The molecule has 1 unspecified atom stereocenters. The Balaban J connectivity index is 1.96. The molecular weight excluding hydrogens is 468 g/mol. The molecule has 21 heavy (non-hydrogen) atoms. The number of anilines is 1. The van der Waals surface area contributed by atoms with Gasteiger partial charge in [-0.3, -0.25) is 9.69 Å². The van der Waals surface area contributed by atoms with Crippen LogP contribution in [0, 0.1) is 5.92 Å². The molecule has 116 valence electrons. The van der Waals surface area contributed by atoms with Gasteiger partial charge in [-0.1, -0.05) is 15.9 Å². The van der Waals surface area contributed by atoms with Crippen molar-refractivity contribution in [2.24, 2.45) is 5.92 Å². The lowest BCUT2D eigenvalue weighted by atomic mass is 9.99. The Morgan fingerprint density at radius 2 is 2.00 bits per heavy atom. The summed E-state index contributed by atoms with van der Waals surface area (Å²) in [7, 11) is 0. The summed E-state index contributed by atoms with van der Waals surface area (Å²) in [6.07, 6.45) is 2.07. The van der Waals surface area contributed by atoms with Gasteiger partial charge in [0.2, 0.25) is 5.91 Å². The number of hydrogen-bond donors (Lipinski definition) is 2. The summed E-state index contributed by atoms with van der Waals surface area (Å²) in [4.78, 5) is 14.3. The number of rotatable bonds is 4. The highest BCUT2D eigenvalue weighted by molar-refractivity contribution is 9.11. The van der Waals surface area contributed by atoms with E-state index in [1.54, 1.807) is 0 Å². The highest BCUT2D eigenvalue weighted by atomic mass is 79.9. The molecule has 2 rings (SSSR count). The lowest BCUT2D eigenvalue weighted by Gasteiger charge is -2.31. The van der Waals surface area contributed by atoms with Crippen molar-refractivity contribution in [1.82, 2.24) is 4.90 Å². The summed E-state index contributed by atoms with van der Waals surface area (Å²) in [5.74, 6) is 0.245. The van der Waals surface area contributed by atoms with Gasteiger partial charge in [0, 0.05) is 26.6 Å². The highest BCUT2D eigenvalue weighted by Gasteiger charge is 2.21. The summed E-state index contributed by atoms with van der Waals surface area (Å²) in [5, 5.41) is 12.2. The Bertz CT molecular complexity index is 502. The largest absolute Gasteiger partial charge is 0.396 e. The third kappa shape index (κ3) is 5.03. The zero-order valence-corrected chi connectivity index (χ0v) is 16.2. The molecule has 4 nitrogen and oxygen atoms in total. The summed E-state index contributed by atoms with van der Waals surface area (Å²) >= 11 is 10.3. The van der Waals surface area contributed by atoms with Gasteiger partial charge in [0.05, 0.1) is 12.2 Å². The van der Waals surface area contributed by atoms with Crippen LogP contribution in [0.4, 0.5) is 5.69 Å². The molecule has 7 heteroatoms. The van der Waals surface area contributed by atoms with Gasteiger partial charge in [-0.15, -0.1) is 0 Å². The fraction of sp³-hybridized carbons (Fsp3) is 0.500. The first-order valence-electron chi connectivity index (χ1n) is 6.77. The summed E-state index contributed by atoms with van der Waals surface area (Å²) in [6.45, 7) is 2.24. The van der Waals surface area contributed by atoms with Crippen molar-refractivity contribution in [3.8, 4) is 0 Å². The van der Waals surface area contributed by atoms with Gasteiger partial charge in [-0.25, -0.2) is 0 Å². The Morgan fingerprint density at radius 1 is 1.33 bits per heavy atom. The van der Waals surface area contributed by atoms with E-state index in [0.29, 0.717) is 6.54 Å². The zero-order chi connectivity index (χ0) is 15.4. The van der Waals surface area contributed by atoms with Crippen molar-refractivity contribution < 1.29 is 9.90 Å². The van der Waals surface area contributed by atoms with E-state index >= 15 is 0 Å². The molecule has 1 aromatic rings. The first-order chi connectivity index (χ1) is 9.99. The van der Waals surface area contributed by atoms with Crippen LogP contribution < -0.4 is 5.32 Å². The average molecular weight is 485 g/mol. The number of aliphatic hydroxyl groups is 1. The predicted molar refractivity (Wildman–Crippen MR) is 94.4 cm³/mol. The van der Waals surface area contributed by atoms with Crippen molar-refractivity contribution in [1.29, 1.82) is 0 Å². The minimum atomic E-state index is -0.0442. The normalized spacial score (nSPS) is 19.5. The predicted octanol–water partition coefficient (Wildman–Crippen LogP) is 3.62. The fourth-order valence-corrected chi connectivity index (χ4v) is 4.94. The van der Waals surface area contributed by atoms with Crippen molar-refractivity contribution in [3.05, 3.63) is 25.6 Å². The number of piperidine rings is 1. The average Bonchev–Trinajstić information content (AvgIpc) is 2.43. The van der Waals surface area contributed by atoms with Gasteiger partial charge in [-0.2, -0.15) is 0 Å². The minimum absolute atomic E-state index is 0.0442. The van der Waals surface area contributed by atoms with E-state index in [1.807, 2.05) is 12.1 Å². The smallest absolute Gasteiger partial charge is 0.238 e. The van der Waals surface area contributed by atoms with E-state index < -0.39 is 0 Å². The number of benzene rings is 1. The minimum Gasteiger partial charge on any atom is -0.396 e. The Labute approximate surface area is 149 Å². The maximum absolute atomic E-state index is 12.2. The second-order valence-electron chi connectivity index (χ2n) is 5.22. The molecule has 1 aromatic carbocycles. The SMILES string of the molecule is O=C(CN1CCCC(CO)C1)Nc1c(Br)cc(Br)cc1Br. The van der Waals surface area contributed by atoms with Crippen LogP contribution in [0.1, 0.15) is 12.8 Å². The van der Waals surface area contributed by atoms with E-state index in [1.165, 1.54) is 0 Å². The quantitative estimate of drug-likeness (QED) is 0.686. The van der Waals surface area contributed by atoms with Crippen molar-refractivity contribution in [3.63, 3.8) is 0 Å². The Morgan fingerprint density at radius 3 is 2.62 bits per heavy atom. The van der Waals surface area contributed by atoms with Gasteiger partial charge in [-0.05, 0) is 69.3 Å². The number of hydrogen-bond acceptors (Lipinski definition) is 3. The van der Waals surface area contributed by atoms with E-state index in [2.05, 4.69) is 58.0 Å². The number of amides is 1. The zero-order valence-electron chi connectivity index (χ0n) is 11.4. The maximum atomic E-state index is 12.2. The lowest BCUT2D eigenvalue weighted by Crippen LogP contribution is -2.41. The van der Waals surface area contributed by atoms with E-state index in [-0.39, 0.29) is 18.4 Å². The number of halogens is 3. The van der Waals surface area contributed by atoms with Crippen molar-refractivity contribution in [2.75, 3.05) is 31.6 Å². The van der Waals surface area contributed by atoms with Crippen molar-refractivity contribution >= 4 is 59.4 Å². The molecule has 1 atom stereocenters. The summed E-state index contributed by atoms with van der Waals surface area (Å²) < 4.78 is 2.58. The molecule has 0 saturated carbocycles. The first-order valence-corrected chi connectivity index (χ1v) is 9.15. The van der Waals surface area contributed by atoms with Gasteiger partial charge >= 0.3 is 0 Å². The van der Waals surface area contributed by atoms with E-state index in [4.69, 9.17) is 0 Å². The van der Waals surface area contributed by atoms with Crippen LogP contribution >= 0.6 is 47.8 Å². The number of aliphatic hydroxyl groups excluding tert-OH is 1. The van der Waals surface area contributed by atoms with Gasteiger partial charge in [0.25, 0.3) is 0 Å². The molecule has 2 N–H and O–H groups in total. The molecule has 1 aliphatic rings. The molecule has 1 saturated heterocycles. The number of carbonyl (C=O) groups excluding carboxylic acids is 1. The van der Waals surface area contributed by atoms with Crippen LogP contribution in [0.25, 0.3) is 0 Å². The van der Waals surface area contributed by atoms with E-state index in [0.717, 1.165) is 45.0 Å². The second-order valence-corrected chi connectivity index (χ2v) is 7.84. The van der Waals surface area contributed by atoms with Crippen LogP contribution in [0.3, 0.4) is 0 Å². The fourth-order valence-electron chi connectivity index (χ4n) is 2.49. The number of carbonyl (C=O) groups is 1. The molecular formula is C14H17Br3N2O2. The molecule has 0 bridgehead atoms. The highest BCUT2D eigenvalue weighted by Crippen LogP contribution is 2.34. The molecule has 1 amide bonds. The van der Waals surface area contributed by atoms with Gasteiger partial charge in [0.1, 0.15) is 0 Å². The monoisotopic (exact) mass is 482 g/mol. The second kappa shape index (κ2) is 8.06. The standard InChI is InChI=1S/C14H17Br3N2O2/c15-10-4-11(16)14(12(17)5-10)18-13(21)7-19-3-1-2-9(6-19)8-20/h4-5,9,20H,1-3,6-8H2,(H,18,21). The van der Waals surface area contributed by atoms with Crippen LogP contribution in [-0.4, -0.2) is 42.2 Å². The first kappa shape index (κ1) is 17.4. The molecule has 1 fully saturated rings. The van der Waals surface area contributed by atoms with Crippen LogP contribution in [0.15, 0.2) is 25.6 Å². The number of likely N-dealkylation sites (tertiary alicyclic amines) is 1. The molecule has 1 aliphatic heterocycles. The number of nitrogens with zero attached hydrogens (tertiary/aromatic N) is 1. The summed E-state index contributed by atoms with van der Waals surface area (Å²) in [6, 6.07) is 3.78. The molecule has 0 radical (unpaired) electrons. The van der Waals surface area contributed by atoms with Crippen molar-refractivity contribution in [2.45, 2.75) is 12.8 Å². The number of nitrogens with one attached hydrogen (secondary N) is 1. The van der Waals surface area contributed by atoms with Crippen LogP contribution in [-0.2, 0) is 4.79 Å². The molecule has 0 aromatic heterocycles. The molecule has 0 spiro atoms. The van der Waals surface area contributed by atoms with Gasteiger partial charge < -0.3 is 10.4 Å². The third-order valence-corrected chi connectivity index (χ3v) is 5.21. The summed E-state index contributed by atoms with van der Waals surface area (Å²) in [5.41, 5.74) is 0.735. The maximum Gasteiger partial charge on any atom is 0.238 e. The molecule has 0 aliphatic carbocycles. The lowest BCUT2D eigenvalue weighted by molar-refractivity contribution is -0.117. The Kier molecular flexibility index (Phi) is 6.68. The van der Waals surface area contributed by atoms with Crippen LogP contribution in [0.2, 0.25) is 0 Å². The topological polar surface area (TPSA) is 52.6 Å². The molecule has 1 heterocycles. The van der Waals surface area contributed by atoms with E-state index in [9.17, 15) is 9.90 Å². The Hall–Kier alpha value is 0.0500. The van der Waals surface area contributed by atoms with Crippen LogP contribution in [0.5, 0.6) is 0 Å². The third-order valence-electron chi connectivity index (χ3n) is 3.50.